The molecule has 1 aliphatic rings. The van der Waals surface area contributed by atoms with E-state index in [1.807, 2.05) is 36.4 Å². The summed E-state index contributed by atoms with van der Waals surface area (Å²) in [5, 5.41) is 5.23. The van der Waals surface area contributed by atoms with Gasteiger partial charge in [0.15, 0.2) is 0 Å². The molecule has 120 valence electrons. The minimum atomic E-state index is -1.12. The van der Waals surface area contributed by atoms with E-state index in [2.05, 4.69) is 10.6 Å². The molecule has 0 bridgehead atoms. The lowest BCUT2D eigenvalue weighted by Crippen LogP contribution is -2.47. The number of rotatable bonds is 6. The van der Waals surface area contributed by atoms with Crippen molar-refractivity contribution < 1.29 is 14.3 Å². The highest BCUT2D eigenvalue weighted by atomic mass is 32.1. The molecule has 1 atom stereocenters. The summed E-state index contributed by atoms with van der Waals surface area (Å²) in [5.41, 5.74) is 0.956. The first-order valence-corrected chi connectivity index (χ1v) is 7.62. The Morgan fingerprint density at radius 2 is 2.04 bits per heavy atom. The number of nitrogens with one attached hydrogen (secondary N) is 2. The molecule has 0 heterocycles. The van der Waals surface area contributed by atoms with Crippen LogP contribution in [0.1, 0.15) is 18.9 Å². The fourth-order valence-corrected chi connectivity index (χ4v) is 2.18. The summed E-state index contributed by atoms with van der Waals surface area (Å²) in [4.78, 5) is 24.2. The molecule has 0 spiro atoms. The zero-order valence-corrected chi connectivity index (χ0v) is 13.6. The molecule has 2 amide bonds. The molecule has 23 heavy (non-hydrogen) atoms. The van der Waals surface area contributed by atoms with Gasteiger partial charge in [-0.2, -0.15) is 0 Å². The highest BCUT2D eigenvalue weighted by Crippen LogP contribution is 2.13. The number of amides is 2. The number of hydrogen-bond donors (Lipinski definition) is 2. The van der Waals surface area contributed by atoms with Crippen LogP contribution in [0.3, 0.4) is 0 Å². The number of carbonyl (C=O) groups is 2. The molecule has 0 saturated heterocycles. The lowest BCUT2D eigenvalue weighted by Gasteiger charge is -2.22. The number of ether oxygens (including phenoxy) is 1. The zero-order chi connectivity index (χ0) is 16.7. The second kappa shape index (κ2) is 8.24. The Morgan fingerprint density at radius 1 is 1.30 bits per heavy atom. The van der Waals surface area contributed by atoms with Gasteiger partial charge in [-0.05, 0) is 11.6 Å². The third-order valence-electron chi connectivity index (χ3n) is 3.09. The predicted octanol–water partition coefficient (Wildman–Crippen LogP) is 2.00. The standard InChI is InChI=1S/C17H18N2O3S/c1-12(20)19-17(22-14-9-5-6-10-15(14)23)16(21)18-11-13-7-3-2-4-8-13/h2-9,17H,10-11H2,1H3,(H,18,21)(H,19,20)/t17-/m0/s1. The molecule has 0 saturated carbocycles. The van der Waals surface area contributed by atoms with Crippen molar-refractivity contribution in [3.05, 3.63) is 59.9 Å². The topological polar surface area (TPSA) is 67.4 Å². The van der Waals surface area contributed by atoms with Gasteiger partial charge in [-0.1, -0.05) is 54.7 Å². The van der Waals surface area contributed by atoms with Crippen LogP contribution in [0.4, 0.5) is 0 Å². The lowest BCUT2D eigenvalue weighted by molar-refractivity contribution is -0.137. The first-order valence-electron chi connectivity index (χ1n) is 7.21. The van der Waals surface area contributed by atoms with Crippen LogP contribution >= 0.6 is 12.2 Å². The first kappa shape index (κ1) is 16.9. The number of allylic oxidation sites excluding steroid dienone is 4. The molecule has 1 aromatic carbocycles. The van der Waals surface area contributed by atoms with Crippen LogP contribution in [0.5, 0.6) is 0 Å². The predicted molar refractivity (Wildman–Crippen MR) is 91.4 cm³/mol. The van der Waals surface area contributed by atoms with E-state index in [0.29, 0.717) is 23.6 Å². The van der Waals surface area contributed by atoms with E-state index in [1.165, 1.54) is 6.92 Å². The Bertz CT molecular complexity index is 653. The largest absolute Gasteiger partial charge is 0.460 e. The second-order valence-corrected chi connectivity index (χ2v) is 5.48. The quantitative estimate of drug-likeness (QED) is 0.618. The highest BCUT2D eigenvalue weighted by molar-refractivity contribution is 7.80. The van der Waals surface area contributed by atoms with Crippen molar-refractivity contribution in [3.63, 3.8) is 0 Å². The van der Waals surface area contributed by atoms with Crippen molar-refractivity contribution in [2.75, 3.05) is 0 Å². The summed E-state index contributed by atoms with van der Waals surface area (Å²) in [6.45, 7) is 1.68. The Morgan fingerprint density at radius 3 is 2.70 bits per heavy atom. The minimum Gasteiger partial charge on any atom is -0.460 e. The maximum absolute atomic E-state index is 12.3. The summed E-state index contributed by atoms with van der Waals surface area (Å²) in [7, 11) is 0. The van der Waals surface area contributed by atoms with Gasteiger partial charge in [0.25, 0.3) is 12.1 Å². The maximum Gasteiger partial charge on any atom is 0.282 e. The van der Waals surface area contributed by atoms with Gasteiger partial charge in [0.2, 0.25) is 5.91 Å². The van der Waals surface area contributed by atoms with E-state index < -0.39 is 12.1 Å². The van der Waals surface area contributed by atoms with E-state index in [0.717, 1.165) is 5.56 Å². The average molecular weight is 330 g/mol. The molecular weight excluding hydrogens is 312 g/mol. The molecule has 2 N–H and O–H groups in total. The van der Waals surface area contributed by atoms with Crippen molar-refractivity contribution in [2.24, 2.45) is 0 Å². The number of hydrogen-bond acceptors (Lipinski definition) is 4. The van der Waals surface area contributed by atoms with Gasteiger partial charge in [0, 0.05) is 19.9 Å². The van der Waals surface area contributed by atoms with Crippen LogP contribution < -0.4 is 10.6 Å². The second-order valence-electron chi connectivity index (χ2n) is 4.99. The fraction of sp³-hybridized carbons (Fsp3) is 0.235. The molecule has 1 aliphatic carbocycles. The Labute approximate surface area is 140 Å². The first-order chi connectivity index (χ1) is 11.1. The summed E-state index contributed by atoms with van der Waals surface area (Å²) in [6, 6.07) is 9.48. The van der Waals surface area contributed by atoms with Crippen LogP contribution in [0, 0.1) is 0 Å². The van der Waals surface area contributed by atoms with E-state index >= 15 is 0 Å². The van der Waals surface area contributed by atoms with Crippen molar-refractivity contribution in [2.45, 2.75) is 26.1 Å². The molecule has 0 fully saturated rings. The molecule has 2 rings (SSSR count). The van der Waals surface area contributed by atoms with E-state index in [1.54, 1.807) is 12.2 Å². The number of carbonyl (C=O) groups excluding carboxylic acids is 2. The summed E-state index contributed by atoms with van der Waals surface area (Å²) in [6.07, 6.45) is 4.85. The summed E-state index contributed by atoms with van der Waals surface area (Å²) < 4.78 is 5.59. The van der Waals surface area contributed by atoms with Crippen LogP contribution in [0.2, 0.25) is 0 Å². The van der Waals surface area contributed by atoms with Crippen molar-refractivity contribution in [3.8, 4) is 0 Å². The molecule has 0 radical (unpaired) electrons. The van der Waals surface area contributed by atoms with Crippen LogP contribution in [-0.4, -0.2) is 22.9 Å². The van der Waals surface area contributed by atoms with Crippen LogP contribution in [0.25, 0.3) is 0 Å². The van der Waals surface area contributed by atoms with Gasteiger partial charge in [-0.3, -0.25) is 9.59 Å². The summed E-state index contributed by atoms with van der Waals surface area (Å²) >= 11 is 5.20. The minimum absolute atomic E-state index is 0.350. The molecular formula is C17H18N2O3S. The molecule has 0 unspecified atom stereocenters. The number of thiocarbonyl (C=S) groups is 1. The zero-order valence-electron chi connectivity index (χ0n) is 12.7. The summed E-state index contributed by atoms with van der Waals surface area (Å²) in [5.74, 6) is -0.360. The van der Waals surface area contributed by atoms with Gasteiger partial charge >= 0.3 is 0 Å². The maximum atomic E-state index is 12.3. The normalized spacial score (nSPS) is 14.7. The van der Waals surface area contributed by atoms with Crippen molar-refractivity contribution in [1.82, 2.24) is 10.6 Å². The highest BCUT2D eigenvalue weighted by Gasteiger charge is 2.23. The van der Waals surface area contributed by atoms with Crippen LogP contribution in [-0.2, 0) is 20.9 Å². The van der Waals surface area contributed by atoms with Gasteiger partial charge < -0.3 is 15.4 Å². The number of benzene rings is 1. The Balaban J connectivity index is 2.00. The molecule has 0 aliphatic heterocycles. The Kier molecular flexibility index (Phi) is 6.05. The van der Waals surface area contributed by atoms with Crippen molar-refractivity contribution >= 4 is 28.9 Å². The Hall–Kier alpha value is -2.47. The molecule has 5 nitrogen and oxygen atoms in total. The average Bonchev–Trinajstić information content (AvgIpc) is 2.54. The van der Waals surface area contributed by atoms with Gasteiger partial charge in [-0.15, -0.1) is 0 Å². The van der Waals surface area contributed by atoms with E-state index in [4.69, 9.17) is 17.0 Å². The molecule has 6 heteroatoms. The SMILES string of the molecule is CC(=O)N[C@@H](OC1=CC=CCC1=S)C(=O)NCc1ccccc1. The van der Waals surface area contributed by atoms with Gasteiger partial charge in [-0.25, -0.2) is 0 Å². The van der Waals surface area contributed by atoms with Crippen molar-refractivity contribution in [1.29, 1.82) is 0 Å². The van der Waals surface area contributed by atoms with E-state index in [-0.39, 0.29) is 5.91 Å². The van der Waals surface area contributed by atoms with E-state index in [9.17, 15) is 9.59 Å². The molecule has 0 aromatic heterocycles. The lowest BCUT2D eigenvalue weighted by atomic mass is 10.1. The molecule has 1 aromatic rings. The third-order valence-corrected chi connectivity index (χ3v) is 3.46. The smallest absolute Gasteiger partial charge is 0.282 e. The third kappa shape index (κ3) is 5.34. The van der Waals surface area contributed by atoms with Crippen LogP contribution in [0.15, 0.2) is 54.3 Å². The van der Waals surface area contributed by atoms with Gasteiger partial charge in [0.05, 0.1) is 4.86 Å². The fourth-order valence-electron chi connectivity index (χ4n) is 1.97. The van der Waals surface area contributed by atoms with Gasteiger partial charge in [0.1, 0.15) is 5.76 Å². The monoisotopic (exact) mass is 330 g/mol.